The molecule has 1 aromatic carbocycles. The summed E-state index contributed by atoms with van der Waals surface area (Å²) in [5.41, 5.74) is 0.643. The summed E-state index contributed by atoms with van der Waals surface area (Å²) in [6.07, 6.45) is 6.02. The van der Waals surface area contributed by atoms with E-state index >= 15 is 0 Å². The zero-order valence-corrected chi connectivity index (χ0v) is 13.8. The van der Waals surface area contributed by atoms with Gasteiger partial charge in [-0.3, -0.25) is 4.79 Å². The van der Waals surface area contributed by atoms with Crippen molar-refractivity contribution in [1.82, 2.24) is 10.2 Å². The number of nitrogens with one attached hydrogen (secondary N) is 2. The highest BCUT2D eigenvalue weighted by Gasteiger charge is 2.35. The number of likely N-dealkylation sites (tertiary alicyclic amines) is 1. The van der Waals surface area contributed by atoms with Crippen LogP contribution in [0.5, 0.6) is 0 Å². The second kappa shape index (κ2) is 7.21. The number of urea groups is 1. The lowest BCUT2D eigenvalue weighted by atomic mass is 10.1. The van der Waals surface area contributed by atoms with E-state index in [4.69, 9.17) is 11.6 Å². The van der Waals surface area contributed by atoms with E-state index in [2.05, 4.69) is 10.6 Å². The average Bonchev–Trinajstić information content (AvgIpc) is 3.18. The molecule has 0 spiro atoms. The summed E-state index contributed by atoms with van der Waals surface area (Å²) in [5, 5.41) is 6.49. The van der Waals surface area contributed by atoms with Gasteiger partial charge in [-0.25, -0.2) is 4.79 Å². The first-order valence-electron chi connectivity index (χ1n) is 8.27. The van der Waals surface area contributed by atoms with Gasteiger partial charge in [-0.1, -0.05) is 30.5 Å². The van der Waals surface area contributed by atoms with E-state index < -0.39 is 0 Å². The van der Waals surface area contributed by atoms with E-state index in [1.165, 1.54) is 12.8 Å². The Labute approximate surface area is 141 Å². The van der Waals surface area contributed by atoms with Crippen LogP contribution < -0.4 is 10.6 Å². The summed E-state index contributed by atoms with van der Waals surface area (Å²) >= 11 is 5.93. The van der Waals surface area contributed by atoms with Gasteiger partial charge in [0.05, 0.1) is 0 Å². The highest BCUT2D eigenvalue weighted by molar-refractivity contribution is 6.30. The molecule has 124 valence electrons. The van der Waals surface area contributed by atoms with Crippen LogP contribution in [-0.4, -0.2) is 35.5 Å². The van der Waals surface area contributed by atoms with Crippen LogP contribution in [0.3, 0.4) is 0 Å². The number of hydrogen-bond acceptors (Lipinski definition) is 2. The van der Waals surface area contributed by atoms with Crippen molar-refractivity contribution >= 4 is 29.2 Å². The molecular formula is C17H22ClN3O2. The predicted octanol–water partition coefficient (Wildman–Crippen LogP) is 3.40. The Balaban J connectivity index is 1.61. The summed E-state index contributed by atoms with van der Waals surface area (Å²) in [6.45, 7) is 0.606. The normalized spacial score (nSPS) is 21.4. The minimum atomic E-state index is -0.366. The number of benzene rings is 1. The highest BCUT2D eigenvalue weighted by Crippen LogP contribution is 2.22. The number of nitrogens with zero attached hydrogens (tertiary/aromatic N) is 1. The summed E-state index contributed by atoms with van der Waals surface area (Å²) in [7, 11) is 0. The third kappa shape index (κ3) is 3.96. The second-order valence-electron chi connectivity index (χ2n) is 6.28. The molecule has 1 aliphatic heterocycles. The van der Waals surface area contributed by atoms with Gasteiger partial charge in [0.25, 0.3) is 0 Å². The van der Waals surface area contributed by atoms with Crippen molar-refractivity contribution in [3.63, 3.8) is 0 Å². The Morgan fingerprint density at radius 2 is 1.91 bits per heavy atom. The lowest BCUT2D eigenvalue weighted by molar-refractivity contribution is -0.125. The molecule has 5 nitrogen and oxygen atoms in total. The van der Waals surface area contributed by atoms with E-state index in [1.54, 1.807) is 29.2 Å². The van der Waals surface area contributed by atoms with Gasteiger partial charge in [0.1, 0.15) is 6.04 Å². The summed E-state index contributed by atoms with van der Waals surface area (Å²) in [4.78, 5) is 26.6. The van der Waals surface area contributed by atoms with E-state index in [-0.39, 0.29) is 24.0 Å². The second-order valence-corrected chi connectivity index (χ2v) is 6.72. The SMILES string of the molecule is O=C(NC1CCCC1)C1CCCN1C(=O)Nc1cccc(Cl)c1. The molecule has 23 heavy (non-hydrogen) atoms. The third-order valence-corrected chi connectivity index (χ3v) is 4.83. The van der Waals surface area contributed by atoms with Crippen LogP contribution in [0.25, 0.3) is 0 Å². The van der Waals surface area contributed by atoms with Gasteiger partial charge in [-0.15, -0.1) is 0 Å². The molecule has 3 rings (SSSR count). The summed E-state index contributed by atoms with van der Waals surface area (Å²) in [6, 6.07) is 6.69. The fourth-order valence-corrected chi connectivity index (χ4v) is 3.60. The molecule has 2 aliphatic rings. The predicted molar refractivity (Wildman–Crippen MR) is 90.6 cm³/mol. The monoisotopic (exact) mass is 335 g/mol. The molecule has 1 unspecified atom stereocenters. The largest absolute Gasteiger partial charge is 0.352 e. The van der Waals surface area contributed by atoms with Crippen LogP contribution in [0.2, 0.25) is 5.02 Å². The molecule has 2 fully saturated rings. The molecule has 1 saturated heterocycles. The lowest BCUT2D eigenvalue weighted by Gasteiger charge is -2.25. The summed E-state index contributed by atoms with van der Waals surface area (Å²) < 4.78 is 0. The fraction of sp³-hybridized carbons (Fsp3) is 0.529. The molecule has 6 heteroatoms. The molecule has 1 heterocycles. The number of carbonyl (C=O) groups is 2. The van der Waals surface area contributed by atoms with Crippen LogP contribution in [0.1, 0.15) is 38.5 Å². The maximum atomic E-state index is 12.5. The first kappa shape index (κ1) is 16.1. The number of hydrogen-bond donors (Lipinski definition) is 2. The van der Waals surface area contributed by atoms with Gasteiger partial charge >= 0.3 is 6.03 Å². The lowest BCUT2D eigenvalue weighted by Crippen LogP contribution is -2.49. The van der Waals surface area contributed by atoms with Gasteiger partial charge in [0.2, 0.25) is 5.91 Å². The minimum Gasteiger partial charge on any atom is -0.352 e. The number of rotatable bonds is 3. The highest BCUT2D eigenvalue weighted by atomic mass is 35.5. The first-order valence-corrected chi connectivity index (χ1v) is 8.65. The van der Waals surface area contributed by atoms with Crippen molar-refractivity contribution < 1.29 is 9.59 Å². The smallest absolute Gasteiger partial charge is 0.322 e. The van der Waals surface area contributed by atoms with Crippen molar-refractivity contribution in [2.75, 3.05) is 11.9 Å². The molecule has 2 N–H and O–H groups in total. The van der Waals surface area contributed by atoms with Gasteiger partial charge in [-0.2, -0.15) is 0 Å². The van der Waals surface area contributed by atoms with Crippen molar-refractivity contribution in [3.8, 4) is 0 Å². The first-order chi connectivity index (χ1) is 11.1. The Kier molecular flexibility index (Phi) is 5.06. The molecule has 1 aromatic rings. The fourth-order valence-electron chi connectivity index (χ4n) is 3.41. The van der Waals surface area contributed by atoms with Crippen molar-refractivity contribution in [1.29, 1.82) is 0 Å². The van der Waals surface area contributed by atoms with Crippen molar-refractivity contribution in [2.45, 2.75) is 50.6 Å². The molecule has 1 aliphatic carbocycles. The Morgan fingerprint density at radius 1 is 1.13 bits per heavy atom. The summed E-state index contributed by atoms with van der Waals surface area (Å²) in [5.74, 6) is -0.0179. The van der Waals surface area contributed by atoms with Gasteiger partial charge < -0.3 is 15.5 Å². The van der Waals surface area contributed by atoms with Gasteiger partial charge in [-0.05, 0) is 43.9 Å². The third-order valence-electron chi connectivity index (χ3n) is 4.59. The standard InChI is InChI=1S/C17H22ClN3O2/c18-12-5-3-8-14(11-12)20-17(23)21-10-4-9-15(21)16(22)19-13-6-1-2-7-13/h3,5,8,11,13,15H,1-2,4,6-7,9-10H2,(H,19,22)(H,20,23). The number of anilines is 1. The maximum Gasteiger partial charge on any atom is 0.322 e. The van der Waals surface area contributed by atoms with E-state index in [9.17, 15) is 9.59 Å². The minimum absolute atomic E-state index is 0.0179. The van der Waals surface area contributed by atoms with Gasteiger partial charge in [0.15, 0.2) is 0 Å². The zero-order valence-electron chi connectivity index (χ0n) is 13.1. The Hall–Kier alpha value is -1.75. The van der Waals surface area contributed by atoms with Crippen LogP contribution >= 0.6 is 11.6 Å². The molecule has 1 atom stereocenters. The van der Waals surface area contributed by atoms with Crippen LogP contribution in [-0.2, 0) is 4.79 Å². The van der Waals surface area contributed by atoms with Crippen LogP contribution in [0.15, 0.2) is 24.3 Å². The zero-order chi connectivity index (χ0) is 16.2. The van der Waals surface area contributed by atoms with Crippen molar-refractivity contribution in [2.24, 2.45) is 0 Å². The van der Waals surface area contributed by atoms with Crippen LogP contribution in [0.4, 0.5) is 10.5 Å². The topological polar surface area (TPSA) is 61.4 Å². The van der Waals surface area contributed by atoms with Crippen molar-refractivity contribution in [3.05, 3.63) is 29.3 Å². The average molecular weight is 336 g/mol. The van der Waals surface area contributed by atoms with E-state index in [0.29, 0.717) is 17.3 Å². The number of amides is 3. The van der Waals surface area contributed by atoms with Crippen LogP contribution in [0, 0.1) is 0 Å². The number of halogens is 1. The molecule has 0 aromatic heterocycles. The van der Waals surface area contributed by atoms with E-state index in [1.807, 2.05) is 0 Å². The molecular weight excluding hydrogens is 314 g/mol. The molecule has 0 bridgehead atoms. The van der Waals surface area contributed by atoms with Gasteiger partial charge in [0, 0.05) is 23.3 Å². The maximum absolute atomic E-state index is 12.5. The molecule has 3 amide bonds. The quantitative estimate of drug-likeness (QED) is 0.889. The Morgan fingerprint density at radius 3 is 2.65 bits per heavy atom. The van der Waals surface area contributed by atoms with E-state index in [0.717, 1.165) is 25.7 Å². The molecule has 1 saturated carbocycles. The molecule has 0 radical (unpaired) electrons. The number of carbonyl (C=O) groups excluding carboxylic acids is 2. The Bertz CT molecular complexity index is 587.